The molecule has 2 aromatic carbocycles. The maximum absolute atomic E-state index is 5.77. The van der Waals surface area contributed by atoms with Gasteiger partial charge in [0.15, 0.2) is 0 Å². The van der Waals surface area contributed by atoms with Gasteiger partial charge in [-0.15, -0.1) is 10.2 Å². The second-order valence-electron chi connectivity index (χ2n) is 5.26. The van der Waals surface area contributed by atoms with Crippen molar-refractivity contribution >= 4 is 11.8 Å². The molecule has 130 valence electrons. The third-order valence-electron chi connectivity index (χ3n) is 3.48. The van der Waals surface area contributed by atoms with Crippen LogP contribution in [-0.2, 0) is 0 Å². The Kier molecular flexibility index (Phi) is 5.95. The number of ether oxygens (including phenoxy) is 2. The van der Waals surface area contributed by atoms with Gasteiger partial charge in [-0.1, -0.05) is 42.1 Å². The number of rotatable bonds is 8. The minimum Gasteiger partial charge on any atom is -0.493 e. The van der Waals surface area contributed by atoms with Crippen LogP contribution in [0.5, 0.6) is 11.5 Å². The highest BCUT2D eigenvalue weighted by atomic mass is 32.2. The molecule has 0 aliphatic heterocycles. The van der Waals surface area contributed by atoms with Gasteiger partial charge in [0.25, 0.3) is 11.1 Å². The molecule has 0 radical (unpaired) electrons. The molecule has 5 nitrogen and oxygen atoms in total. The van der Waals surface area contributed by atoms with Crippen LogP contribution in [0.1, 0.15) is 12.5 Å². The number of thioether (sulfide) groups is 1. The van der Waals surface area contributed by atoms with Crippen LogP contribution in [0.15, 0.2) is 58.2 Å². The van der Waals surface area contributed by atoms with E-state index in [-0.39, 0.29) is 0 Å². The van der Waals surface area contributed by atoms with Crippen molar-refractivity contribution in [2.24, 2.45) is 0 Å². The Balaban J connectivity index is 1.56. The number of hydrogen-bond acceptors (Lipinski definition) is 6. The van der Waals surface area contributed by atoms with Gasteiger partial charge in [-0.05, 0) is 37.6 Å². The molecular formula is C19H20N2O3S. The fourth-order valence-electron chi connectivity index (χ4n) is 2.30. The van der Waals surface area contributed by atoms with Crippen LogP contribution >= 0.6 is 11.8 Å². The van der Waals surface area contributed by atoms with Gasteiger partial charge in [0, 0.05) is 5.75 Å². The van der Waals surface area contributed by atoms with E-state index >= 15 is 0 Å². The van der Waals surface area contributed by atoms with E-state index in [0.29, 0.717) is 24.3 Å². The summed E-state index contributed by atoms with van der Waals surface area (Å²) in [6.45, 7) is 5.13. The fourth-order valence-corrected chi connectivity index (χ4v) is 2.88. The summed E-state index contributed by atoms with van der Waals surface area (Å²) in [6, 6.07) is 15.6. The molecule has 1 aromatic heterocycles. The normalized spacial score (nSPS) is 10.6. The molecule has 0 saturated carbocycles. The predicted molar refractivity (Wildman–Crippen MR) is 98.3 cm³/mol. The molecule has 3 aromatic rings. The molecule has 0 unspecified atom stereocenters. The topological polar surface area (TPSA) is 57.4 Å². The molecule has 0 aliphatic rings. The van der Waals surface area contributed by atoms with Crippen molar-refractivity contribution in [3.05, 3.63) is 54.1 Å². The average Bonchev–Trinajstić information content (AvgIpc) is 3.10. The fraction of sp³-hybridized carbons (Fsp3) is 0.263. The second kappa shape index (κ2) is 8.58. The molecule has 0 aliphatic carbocycles. The van der Waals surface area contributed by atoms with Gasteiger partial charge in [-0.2, -0.15) is 0 Å². The highest BCUT2D eigenvalue weighted by molar-refractivity contribution is 7.99. The summed E-state index contributed by atoms with van der Waals surface area (Å²) in [4.78, 5) is 0. The molecule has 0 saturated heterocycles. The standard InChI is InChI=1S/C19H20N2O3S/c1-3-22-17-11-7-5-9-15(17)18-20-21-19(24-18)25-13-12-23-16-10-6-4-8-14(16)2/h4-11H,3,12-13H2,1-2H3. The molecule has 0 bridgehead atoms. The first-order valence-corrected chi connectivity index (χ1v) is 9.13. The molecule has 25 heavy (non-hydrogen) atoms. The maximum Gasteiger partial charge on any atom is 0.276 e. The van der Waals surface area contributed by atoms with Gasteiger partial charge in [-0.25, -0.2) is 0 Å². The van der Waals surface area contributed by atoms with E-state index in [1.165, 1.54) is 11.8 Å². The molecule has 0 N–H and O–H groups in total. The lowest BCUT2D eigenvalue weighted by Crippen LogP contribution is -2.01. The van der Waals surface area contributed by atoms with Gasteiger partial charge in [-0.3, -0.25) is 0 Å². The van der Waals surface area contributed by atoms with Crippen molar-refractivity contribution in [2.45, 2.75) is 19.1 Å². The van der Waals surface area contributed by atoms with Crippen LogP contribution in [-0.4, -0.2) is 29.2 Å². The zero-order chi connectivity index (χ0) is 17.5. The summed E-state index contributed by atoms with van der Waals surface area (Å²) < 4.78 is 17.1. The monoisotopic (exact) mass is 356 g/mol. The third-order valence-corrected chi connectivity index (χ3v) is 4.27. The van der Waals surface area contributed by atoms with Crippen LogP contribution in [0.4, 0.5) is 0 Å². The number of aryl methyl sites for hydroxylation is 1. The first-order valence-electron chi connectivity index (χ1n) is 8.15. The summed E-state index contributed by atoms with van der Waals surface area (Å²) >= 11 is 1.47. The summed E-state index contributed by atoms with van der Waals surface area (Å²) in [5.41, 5.74) is 1.93. The van der Waals surface area contributed by atoms with Crippen LogP contribution in [0, 0.1) is 6.92 Å². The first kappa shape index (κ1) is 17.4. The second-order valence-corrected chi connectivity index (χ2v) is 6.31. The lowest BCUT2D eigenvalue weighted by atomic mass is 10.2. The molecule has 1 heterocycles. The summed E-state index contributed by atoms with van der Waals surface area (Å²) in [7, 11) is 0. The lowest BCUT2D eigenvalue weighted by molar-refractivity contribution is 0.339. The van der Waals surface area contributed by atoms with Crippen molar-refractivity contribution in [2.75, 3.05) is 19.0 Å². The zero-order valence-corrected chi connectivity index (χ0v) is 15.1. The molecule has 0 fully saturated rings. The van der Waals surface area contributed by atoms with E-state index in [9.17, 15) is 0 Å². The van der Waals surface area contributed by atoms with E-state index in [1.807, 2.05) is 62.4 Å². The zero-order valence-electron chi connectivity index (χ0n) is 14.3. The SMILES string of the molecule is CCOc1ccccc1-c1nnc(SCCOc2ccccc2C)o1. The molecule has 0 spiro atoms. The van der Waals surface area contributed by atoms with Crippen molar-refractivity contribution < 1.29 is 13.9 Å². The molecule has 3 rings (SSSR count). The minimum atomic E-state index is 0.464. The van der Waals surface area contributed by atoms with Gasteiger partial charge in [0.05, 0.1) is 18.8 Å². The Hall–Kier alpha value is -2.47. The number of hydrogen-bond donors (Lipinski definition) is 0. The van der Waals surface area contributed by atoms with Crippen molar-refractivity contribution in [3.8, 4) is 23.0 Å². The highest BCUT2D eigenvalue weighted by Crippen LogP contribution is 2.30. The Labute approximate surface area is 151 Å². The highest BCUT2D eigenvalue weighted by Gasteiger charge is 2.13. The van der Waals surface area contributed by atoms with Crippen LogP contribution in [0.3, 0.4) is 0 Å². The Morgan fingerprint density at radius 2 is 1.72 bits per heavy atom. The summed E-state index contributed by atoms with van der Waals surface area (Å²) in [5, 5.41) is 8.74. The Morgan fingerprint density at radius 3 is 2.52 bits per heavy atom. The average molecular weight is 356 g/mol. The number of nitrogens with zero attached hydrogens (tertiary/aromatic N) is 2. The third kappa shape index (κ3) is 4.54. The van der Waals surface area contributed by atoms with E-state index in [1.54, 1.807) is 0 Å². The van der Waals surface area contributed by atoms with Crippen molar-refractivity contribution in [3.63, 3.8) is 0 Å². The Bertz CT molecular complexity index is 820. The molecule has 0 atom stereocenters. The first-order chi connectivity index (χ1) is 12.3. The molecule has 0 amide bonds. The molecule has 6 heteroatoms. The lowest BCUT2D eigenvalue weighted by Gasteiger charge is -2.07. The minimum absolute atomic E-state index is 0.464. The molecular weight excluding hydrogens is 336 g/mol. The van der Waals surface area contributed by atoms with Gasteiger partial charge < -0.3 is 13.9 Å². The van der Waals surface area contributed by atoms with E-state index in [4.69, 9.17) is 13.9 Å². The number of aromatic nitrogens is 2. The van der Waals surface area contributed by atoms with Crippen molar-refractivity contribution in [1.82, 2.24) is 10.2 Å². The van der Waals surface area contributed by atoms with Gasteiger partial charge >= 0.3 is 0 Å². The predicted octanol–water partition coefficient (Wildman–Crippen LogP) is 4.61. The Morgan fingerprint density at radius 1 is 0.960 bits per heavy atom. The van der Waals surface area contributed by atoms with Crippen LogP contribution in [0.25, 0.3) is 11.5 Å². The largest absolute Gasteiger partial charge is 0.493 e. The van der Waals surface area contributed by atoms with Crippen LogP contribution in [0.2, 0.25) is 0 Å². The van der Waals surface area contributed by atoms with Gasteiger partial charge in [0.2, 0.25) is 0 Å². The summed E-state index contributed by atoms with van der Waals surface area (Å²) in [6.07, 6.45) is 0. The number of benzene rings is 2. The maximum atomic E-state index is 5.77. The number of para-hydroxylation sites is 2. The van der Waals surface area contributed by atoms with Gasteiger partial charge in [0.1, 0.15) is 11.5 Å². The summed E-state index contributed by atoms with van der Waals surface area (Å²) in [5.74, 6) is 2.84. The van der Waals surface area contributed by atoms with E-state index in [0.717, 1.165) is 28.4 Å². The quantitative estimate of drug-likeness (QED) is 0.434. The van der Waals surface area contributed by atoms with Crippen LogP contribution < -0.4 is 9.47 Å². The van der Waals surface area contributed by atoms with E-state index in [2.05, 4.69) is 10.2 Å². The smallest absolute Gasteiger partial charge is 0.276 e. The van der Waals surface area contributed by atoms with E-state index < -0.39 is 0 Å². The van der Waals surface area contributed by atoms with Crippen molar-refractivity contribution in [1.29, 1.82) is 0 Å².